The summed E-state index contributed by atoms with van der Waals surface area (Å²) < 4.78 is 0. The van der Waals surface area contributed by atoms with Gasteiger partial charge in [-0.15, -0.1) is 0 Å². The Hall–Kier alpha value is -0.280. The lowest BCUT2D eigenvalue weighted by Crippen LogP contribution is -2.53. The predicted octanol–water partition coefficient (Wildman–Crippen LogP) is 6.53. The monoisotopic (exact) mass is 398 g/mol. The summed E-state index contributed by atoms with van der Waals surface area (Å²) in [5.41, 5.74) is 2.29. The molecule has 2 aliphatic heterocycles. The van der Waals surface area contributed by atoms with Gasteiger partial charge in [-0.1, -0.05) is 58.6 Å². The molecule has 0 amide bonds. The zero-order chi connectivity index (χ0) is 16.3. The lowest BCUT2D eigenvalue weighted by atomic mass is 9.57. The van der Waals surface area contributed by atoms with E-state index in [1.165, 1.54) is 0 Å². The highest BCUT2D eigenvalue weighted by molar-refractivity contribution is 6.52. The Balaban J connectivity index is 1.57. The molecule has 124 valence electrons. The average molecular weight is 400 g/mol. The first-order chi connectivity index (χ1) is 11.6. The number of halogens is 4. The first kappa shape index (κ1) is 14.8. The second-order valence-electron chi connectivity index (χ2n) is 7.80. The Morgan fingerprint density at radius 1 is 0.792 bits per heavy atom. The van der Waals surface area contributed by atoms with Gasteiger partial charge in [-0.3, -0.25) is 0 Å². The molecule has 8 atom stereocenters. The van der Waals surface area contributed by atoms with Crippen molar-refractivity contribution in [3.8, 4) is 0 Å². The summed E-state index contributed by atoms with van der Waals surface area (Å²) in [5, 5.41) is 11.4. The molecule has 0 spiro atoms. The normalized spacial score (nSPS) is 45.7. The summed E-state index contributed by atoms with van der Waals surface area (Å²) in [6.45, 7) is 0. The fraction of sp³-hybridized carbons (Fsp3) is 0.556. The van der Waals surface area contributed by atoms with Crippen molar-refractivity contribution in [2.24, 2.45) is 33.9 Å². The van der Waals surface area contributed by atoms with Crippen molar-refractivity contribution in [3.63, 3.8) is 0 Å². The van der Waals surface area contributed by atoms with Crippen LogP contribution in [-0.4, -0.2) is 12.1 Å². The predicted molar refractivity (Wildman–Crippen MR) is 96.7 cm³/mol. The van der Waals surface area contributed by atoms with Gasteiger partial charge in [0, 0.05) is 5.92 Å². The Bertz CT molecular complexity index is 848. The number of allylic oxidation sites excluding steroid dienone is 1. The first-order valence-corrected chi connectivity index (χ1v) is 10.0. The maximum atomic E-state index is 6.61. The molecule has 0 saturated heterocycles. The molecule has 0 N–H and O–H groups in total. The molecule has 6 heteroatoms. The molecular formula is C18H14Cl4N2. The molecule has 4 aliphatic carbocycles. The van der Waals surface area contributed by atoms with Crippen molar-refractivity contribution in [2.75, 3.05) is 0 Å². The van der Waals surface area contributed by atoms with E-state index in [0.29, 0.717) is 61.6 Å². The van der Waals surface area contributed by atoms with Crippen LogP contribution in [0.3, 0.4) is 0 Å². The van der Waals surface area contributed by atoms with Crippen LogP contribution in [0, 0.1) is 23.7 Å². The number of azo groups is 1. The molecule has 24 heavy (non-hydrogen) atoms. The second-order valence-corrected chi connectivity index (χ2v) is 9.32. The van der Waals surface area contributed by atoms with Crippen molar-refractivity contribution in [3.05, 3.63) is 43.4 Å². The number of nitrogens with zero attached hydrogens (tertiary/aromatic N) is 2. The van der Waals surface area contributed by atoms with Gasteiger partial charge >= 0.3 is 0 Å². The van der Waals surface area contributed by atoms with Gasteiger partial charge in [-0.05, 0) is 53.6 Å². The second kappa shape index (κ2) is 4.71. The number of rotatable bonds is 0. The van der Waals surface area contributed by atoms with E-state index in [-0.39, 0.29) is 6.04 Å². The molecule has 7 rings (SSSR count). The quantitative estimate of drug-likeness (QED) is 0.269. The molecule has 2 heterocycles. The van der Waals surface area contributed by atoms with E-state index in [4.69, 9.17) is 56.6 Å². The largest absolute Gasteiger partial charge is 0.190 e. The molecular weight excluding hydrogens is 386 g/mol. The van der Waals surface area contributed by atoms with Gasteiger partial charge < -0.3 is 0 Å². The summed E-state index contributed by atoms with van der Waals surface area (Å²) >= 11 is 25.9. The molecule has 2 nitrogen and oxygen atoms in total. The average Bonchev–Trinajstić information content (AvgIpc) is 3.31. The number of hydrogen-bond donors (Lipinski definition) is 0. The topological polar surface area (TPSA) is 24.7 Å². The molecule has 4 bridgehead atoms. The summed E-state index contributed by atoms with van der Waals surface area (Å²) in [6, 6.07) is 0.601. The summed E-state index contributed by atoms with van der Waals surface area (Å²) in [4.78, 5) is 0. The van der Waals surface area contributed by atoms with E-state index >= 15 is 0 Å². The Labute approximate surface area is 160 Å². The lowest BCUT2D eigenvalue weighted by Gasteiger charge is -2.51. The highest BCUT2D eigenvalue weighted by Crippen LogP contribution is 2.70. The van der Waals surface area contributed by atoms with Crippen LogP contribution in [0.1, 0.15) is 35.8 Å². The molecule has 0 radical (unpaired) electrons. The summed E-state index contributed by atoms with van der Waals surface area (Å²) in [7, 11) is 0. The van der Waals surface area contributed by atoms with Crippen molar-refractivity contribution in [1.82, 2.24) is 0 Å². The third kappa shape index (κ3) is 1.50. The van der Waals surface area contributed by atoms with Crippen LogP contribution >= 0.6 is 46.4 Å². The fourth-order valence-corrected chi connectivity index (χ4v) is 7.67. The van der Waals surface area contributed by atoms with Crippen LogP contribution in [0.15, 0.2) is 22.4 Å². The molecule has 2 saturated carbocycles. The first-order valence-electron chi connectivity index (χ1n) is 8.52. The van der Waals surface area contributed by atoms with Gasteiger partial charge in [0.25, 0.3) is 0 Å². The molecule has 0 aromatic heterocycles. The smallest absolute Gasteiger partial charge is 0.0811 e. The van der Waals surface area contributed by atoms with E-state index < -0.39 is 0 Å². The third-order valence-electron chi connectivity index (χ3n) is 7.18. The SMILES string of the molecule is Clc1c(Cl)c(Cl)c2c(c1Cl)[C@H]1C[C@H]2[C@@H]2[C@H]3N=N[C@@H]([C@@H]4C=CC[C@@H]43)[C@H]21. The molecule has 2 fully saturated rings. The van der Waals surface area contributed by atoms with Crippen molar-refractivity contribution >= 4 is 46.4 Å². The molecule has 6 aliphatic rings. The lowest BCUT2D eigenvalue weighted by molar-refractivity contribution is 0.0539. The van der Waals surface area contributed by atoms with Gasteiger partial charge in [-0.2, -0.15) is 10.2 Å². The maximum Gasteiger partial charge on any atom is 0.0811 e. The van der Waals surface area contributed by atoms with Gasteiger partial charge in [0.05, 0.1) is 32.2 Å². The zero-order valence-corrected chi connectivity index (χ0v) is 15.6. The van der Waals surface area contributed by atoms with Crippen LogP contribution in [0.2, 0.25) is 20.1 Å². The third-order valence-corrected chi connectivity index (χ3v) is 9.01. The number of fused-ring (bicyclic) bond motifs is 5. The van der Waals surface area contributed by atoms with E-state index in [2.05, 4.69) is 12.2 Å². The molecule has 1 aromatic rings. The van der Waals surface area contributed by atoms with Crippen molar-refractivity contribution in [1.29, 1.82) is 0 Å². The fourth-order valence-electron chi connectivity index (χ4n) is 6.51. The highest BCUT2D eigenvalue weighted by atomic mass is 35.5. The highest BCUT2D eigenvalue weighted by Gasteiger charge is 2.65. The Morgan fingerprint density at radius 3 is 2.04 bits per heavy atom. The van der Waals surface area contributed by atoms with E-state index in [1.807, 2.05) is 0 Å². The van der Waals surface area contributed by atoms with E-state index in [9.17, 15) is 0 Å². The number of hydrogen-bond acceptors (Lipinski definition) is 2. The minimum Gasteiger partial charge on any atom is -0.190 e. The Kier molecular flexibility index (Phi) is 2.91. The van der Waals surface area contributed by atoms with Crippen LogP contribution in [0.4, 0.5) is 0 Å². The summed E-state index contributed by atoms with van der Waals surface area (Å²) in [5.74, 6) is 2.98. The zero-order valence-electron chi connectivity index (χ0n) is 12.6. The van der Waals surface area contributed by atoms with Crippen LogP contribution in [-0.2, 0) is 0 Å². The number of benzene rings is 1. The maximum absolute atomic E-state index is 6.61. The van der Waals surface area contributed by atoms with E-state index in [0.717, 1.165) is 24.0 Å². The van der Waals surface area contributed by atoms with Crippen LogP contribution in [0.25, 0.3) is 0 Å². The van der Waals surface area contributed by atoms with Crippen LogP contribution in [0.5, 0.6) is 0 Å². The van der Waals surface area contributed by atoms with Gasteiger partial charge in [-0.25, -0.2) is 0 Å². The van der Waals surface area contributed by atoms with Crippen molar-refractivity contribution in [2.45, 2.75) is 36.8 Å². The van der Waals surface area contributed by atoms with Crippen molar-refractivity contribution < 1.29 is 0 Å². The van der Waals surface area contributed by atoms with E-state index in [1.54, 1.807) is 0 Å². The van der Waals surface area contributed by atoms with Gasteiger partial charge in [0.15, 0.2) is 0 Å². The molecule has 0 unspecified atom stereocenters. The van der Waals surface area contributed by atoms with Crippen LogP contribution < -0.4 is 0 Å². The Morgan fingerprint density at radius 2 is 1.38 bits per heavy atom. The standard InChI is InChI=1S/C18H14Cl4N2/c19-13-9-7-4-8(10(9)14(20)16(22)15(13)21)12-11(7)17-5-2-1-3-6(5)18(12)24-23-17/h1-2,5-8,11-12,17-18H,3-4H2/t5-,6+,7-,8-,11+,12+,17+,18+/m1/s1. The minimum absolute atomic E-state index is 0.288. The minimum atomic E-state index is 0.288. The van der Waals surface area contributed by atoms with Gasteiger partial charge in [0.2, 0.25) is 0 Å². The van der Waals surface area contributed by atoms with Gasteiger partial charge in [0.1, 0.15) is 0 Å². The summed E-state index contributed by atoms with van der Waals surface area (Å²) in [6.07, 6.45) is 6.90. The molecule has 1 aromatic carbocycles.